The summed E-state index contributed by atoms with van der Waals surface area (Å²) in [7, 11) is 0. The number of hydrogen-bond donors (Lipinski definition) is 0. The van der Waals surface area contributed by atoms with E-state index in [1.807, 2.05) is 24.3 Å². The number of benzene rings is 1. The van der Waals surface area contributed by atoms with E-state index in [1.54, 1.807) is 0 Å². The maximum absolute atomic E-state index is 11.5. The molecule has 0 amide bonds. The van der Waals surface area contributed by atoms with E-state index in [9.17, 15) is 4.79 Å². The van der Waals surface area contributed by atoms with Gasteiger partial charge in [-0.3, -0.25) is 4.79 Å². The van der Waals surface area contributed by atoms with Crippen molar-refractivity contribution >= 4 is 21.7 Å². The van der Waals surface area contributed by atoms with E-state index >= 15 is 0 Å². The lowest BCUT2D eigenvalue weighted by molar-refractivity contribution is -0.114. The Morgan fingerprint density at radius 2 is 1.85 bits per heavy atom. The molecule has 0 atom stereocenters. The number of hydrogen-bond acceptors (Lipinski definition) is 1. The molecule has 0 bridgehead atoms. The predicted molar refractivity (Wildman–Crippen MR) is 55.9 cm³/mol. The minimum atomic E-state index is 0.171. The van der Waals surface area contributed by atoms with Crippen LogP contribution in [0.15, 0.2) is 34.8 Å². The van der Waals surface area contributed by atoms with Crippen molar-refractivity contribution < 1.29 is 4.79 Å². The van der Waals surface area contributed by atoms with Gasteiger partial charge >= 0.3 is 0 Å². The lowest BCUT2D eigenvalue weighted by atomic mass is 10.0. The average molecular weight is 237 g/mol. The Labute approximate surface area is 85.6 Å². The number of ketones is 1. The highest BCUT2D eigenvalue weighted by Crippen LogP contribution is 2.20. The third-order valence-corrected chi connectivity index (χ3v) is 3.00. The quantitative estimate of drug-likeness (QED) is 0.677. The molecule has 0 unspecified atom stereocenters. The average Bonchev–Trinajstić information content (AvgIpc) is 2.28. The van der Waals surface area contributed by atoms with Crippen LogP contribution in [0.5, 0.6) is 0 Å². The van der Waals surface area contributed by atoms with Gasteiger partial charge in [0, 0.05) is 6.42 Å². The summed E-state index contributed by atoms with van der Waals surface area (Å²) < 4.78 is 0.712. The maximum atomic E-state index is 11.5. The van der Waals surface area contributed by atoms with Crippen LogP contribution in [0.1, 0.15) is 11.1 Å². The zero-order chi connectivity index (χ0) is 9.26. The van der Waals surface area contributed by atoms with Crippen LogP contribution in [-0.4, -0.2) is 5.78 Å². The molecule has 1 aliphatic rings. The second-order valence-electron chi connectivity index (χ2n) is 3.12. The highest BCUT2D eigenvalue weighted by atomic mass is 79.9. The van der Waals surface area contributed by atoms with E-state index in [0.717, 1.165) is 12.0 Å². The summed E-state index contributed by atoms with van der Waals surface area (Å²) in [5.74, 6) is 0.171. The van der Waals surface area contributed by atoms with Gasteiger partial charge in [0.2, 0.25) is 0 Å². The first-order valence-electron chi connectivity index (χ1n) is 4.23. The number of rotatable bonds is 0. The summed E-state index contributed by atoms with van der Waals surface area (Å²) in [6, 6.07) is 8.08. The Morgan fingerprint density at radius 3 is 2.62 bits per heavy atom. The molecule has 0 saturated carbocycles. The van der Waals surface area contributed by atoms with Crippen molar-refractivity contribution in [2.75, 3.05) is 0 Å². The molecule has 1 aromatic carbocycles. The van der Waals surface area contributed by atoms with Crippen molar-refractivity contribution in [1.29, 1.82) is 0 Å². The monoisotopic (exact) mass is 236 g/mol. The van der Waals surface area contributed by atoms with Gasteiger partial charge in [-0.25, -0.2) is 0 Å². The largest absolute Gasteiger partial charge is 0.293 e. The maximum Gasteiger partial charge on any atom is 0.173 e. The number of carbonyl (C=O) groups excluding carboxylic acids is 1. The topological polar surface area (TPSA) is 17.1 Å². The number of Topliss-reactive ketones (excluding diaryl/α,β-unsaturated/α-hetero) is 1. The standard InChI is InChI=1S/C11H9BrO/c12-10-6-5-8-3-1-2-4-9(8)7-11(10)13/h1-4,6H,5,7H2. The second kappa shape index (κ2) is 3.46. The van der Waals surface area contributed by atoms with Crippen molar-refractivity contribution in [3.05, 3.63) is 46.0 Å². The van der Waals surface area contributed by atoms with Gasteiger partial charge < -0.3 is 0 Å². The van der Waals surface area contributed by atoms with Crippen LogP contribution in [-0.2, 0) is 17.6 Å². The summed E-state index contributed by atoms with van der Waals surface area (Å²) in [6.07, 6.45) is 3.31. The molecule has 1 aliphatic carbocycles. The molecule has 0 saturated heterocycles. The van der Waals surface area contributed by atoms with Gasteiger partial charge in [-0.2, -0.15) is 0 Å². The Hall–Kier alpha value is -0.890. The summed E-state index contributed by atoms with van der Waals surface area (Å²) in [4.78, 5) is 11.5. The smallest absolute Gasteiger partial charge is 0.173 e. The van der Waals surface area contributed by atoms with Gasteiger partial charge in [-0.15, -0.1) is 0 Å². The van der Waals surface area contributed by atoms with Crippen molar-refractivity contribution in [2.24, 2.45) is 0 Å². The SMILES string of the molecule is O=C1Cc2ccccc2CC=C1Br. The van der Waals surface area contributed by atoms with E-state index in [2.05, 4.69) is 22.0 Å². The fourth-order valence-electron chi connectivity index (χ4n) is 1.50. The third-order valence-electron chi connectivity index (χ3n) is 2.24. The normalized spacial score (nSPS) is 16.1. The number of fused-ring (bicyclic) bond motifs is 1. The van der Waals surface area contributed by atoms with Crippen molar-refractivity contribution in [1.82, 2.24) is 0 Å². The first-order chi connectivity index (χ1) is 6.27. The minimum Gasteiger partial charge on any atom is -0.293 e. The Bertz CT molecular complexity index is 379. The van der Waals surface area contributed by atoms with Crippen LogP contribution in [0, 0.1) is 0 Å². The van der Waals surface area contributed by atoms with E-state index in [4.69, 9.17) is 0 Å². The number of halogens is 1. The molecule has 0 fully saturated rings. The molecule has 1 nitrogen and oxygen atoms in total. The third kappa shape index (κ3) is 1.73. The molecule has 0 aliphatic heterocycles. The molecule has 0 aromatic heterocycles. The lowest BCUT2D eigenvalue weighted by Gasteiger charge is -2.01. The second-order valence-corrected chi connectivity index (χ2v) is 3.98. The van der Waals surface area contributed by atoms with Crippen LogP contribution in [0.2, 0.25) is 0 Å². The molecule has 13 heavy (non-hydrogen) atoms. The zero-order valence-corrected chi connectivity index (χ0v) is 8.67. The molecule has 1 aromatic rings. The van der Waals surface area contributed by atoms with E-state index < -0.39 is 0 Å². The van der Waals surface area contributed by atoms with Crippen LogP contribution in [0.4, 0.5) is 0 Å². The van der Waals surface area contributed by atoms with Gasteiger partial charge in [0.1, 0.15) is 0 Å². The van der Waals surface area contributed by atoms with Gasteiger partial charge in [0.15, 0.2) is 5.78 Å². The van der Waals surface area contributed by atoms with Gasteiger partial charge in [-0.05, 0) is 33.5 Å². The summed E-state index contributed by atoms with van der Waals surface area (Å²) >= 11 is 3.27. The van der Waals surface area contributed by atoms with E-state index in [1.165, 1.54) is 5.56 Å². The molecular weight excluding hydrogens is 228 g/mol. The van der Waals surface area contributed by atoms with Gasteiger partial charge in [-0.1, -0.05) is 30.3 Å². The number of carbonyl (C=O) groups is 1. The first kappa shape index (κ1) is 8.70. The molecule has 2 heteroatoms. The molecule has 66 valence electrons. The molecule has 0 N–H and O–H groups in total. The molecule has 0 heterocycles. The Morgan fingerprint density at radius 1 is 1.15 bits per heavy atom. The van der Waals surface area contributed by atoms with Crippen LogP contribution in [0.25, 0.3) is 0 Å². The molecule has 2 rings (SSSR count). The zero-order valence-electron chi connectivity index (χ0n) is 7.09. The van der Waals surface area contributed by atoms with Gasteiger partial charge in [0.25, 0.3) is 0 Å². The molecule has 0 spiro atoms. The fourth-order valence-corrected chi connectivity index (χ4v) is 1.80. The highest BCUT2D eigenvalue weighted by molar-refractivity contribution is 9.12. The molecular formula is C11H9BrO. The molecule has 0 radical (unpaired) electrons. The summed E-state index contributed by atoms with van der Waals surface area (Å²) in [5, 5.41) is 0. The predicted octanol–water partition coefficient (Wildman–Crippen LogP) is 2.63. The van der Waals surface area contributed by atoms with E-state index in [0.29, 0.717) is 10.9 Å². The van der Waals surface area contributed by atoms with Crippen molar-refractivity contribution in [3.63, 3.8) is 0 Å². The highest BCUT2D eigenvalue weighted by Gasteiger charge is 2.13. The van der Waals surface area contributed by atoms with Gasteiger partial charge in [0.05, 0.1) is 4.48 Å². The Kier molecular flexibility index (Phi) is 2.32. The Balaban J connectivity index is 2.44. The van der Waals surface area contributed by atoms with E-state index in [-0.39, 0.29) is 5.78 Å². The number of allylic oxidation sites excluding steroid dienone is 2. The van der Waals surface area contributed by atoms with Crippen molar-refractivity contribution in [2.45, 2.75) is 12.8 Å². The first-order valence-corrected chi connectivity index (χ1v) is 5.02. The lowest BCUT2D eigenvalue weighted by Crippen LogP contribution is -2.01. The van der Waals surface area contributed by atoms with Crippen LogP contribution >= 0.6 is 15.9 Å². The fraction of sp³-hybridized carbons (Fsp3) is 0.182. The van der Waals surface area contributed by atoms with Crippen LogP contribution < -0.4 is 0 Å². The van der Waals surface area contributed by atoms with Crippen LogP contribution in [0.3, 0.4) is 0 Å². The summed E-state index contributed by atoms with van der Waals surface area (Å²) in [5.41, 5.74) is 2.41. The summed E-state index contributed by atoms with van der Waals surface area (Å²) in [6.45, 7) is 0. The minimum absolute atomic E-state index is 0.171. The van der Waals surface area contributed by atoms with Crippen molar-refractivity contribution in [3.8, 4) is 0 Å².